The maximum absolute atomic E-state index is 6.11. The van der Waals surface area contributed by atoms with Crippen LogP contribution in [0.1, 0.15) is 100 Å². The van der Waals surface area contributed by atoms with E-state index < -0.39 is 0 Å². The van der Waals surface area contributed by atoms with Crippen LogP contribution in [0.4, 0.5) is 0 Å². The van der Waals surface area contributed by atoms with E-state index in [2.05, 4.69) is 106 Å². The van der Waals surface area contributed by atoms with Gasteiger partial charge in [0, 0.05) is 18.6 Å². The van der Waals surface area contributed by atoms with E-state index in [1.165, 1.54) is 73.6 Å². The Hall–Kier alpha value is -2.39. The monoisotopic (exact) mass is 591 g/mol. The molecule has 1 atom stereocenters. The number of hydrogen-bond acceptors (Lipinski definition) is 1. The molecule has 3 rings (SSSR count). The minimum absolute atomic E-state index is 0. The van der Waals surface area contributed by atoms with E-state index in [-0.39, 0.29) is 12.4 Å². The second kappa shape index (κ2) is 23.1. The second-order valence-corrected chi connectivity index (χ2v) is 11.9. The summed E-state index contributed by atoms with van der Waals surface area (Å²) in [4.78, 5) is 0. The van der Waals surface area contributed by atoms with Crippen LogP contribution in [-0.2, 0) is 17.6 Å². The SMILES string of the molecule is CC=CC.CCCCCCCCCCOCC[N+](C)(C)C(Cc1ccc(Cc2ccccc2)cc1)c1ccccc1.[Cl-]. The Kier molecular flexibility index (Phi) is 20.7. The number of likely N-dealkylation sites (N-methyl/N-ethyl adjacent to an activating group) is 1. The summed E-state index contributed by atoms with van der Waals surface area (Å²) in [6.07, 6.45) is 16.8. The van der Waals surface area contributed by atoms with Crippen molar-refractivity contribution >= 4 is 0 Å². The molecule has 2 nitrogen and oxygen atoms in total. The molecule has 0 N–H and O–H groups in total. The maximum atomic E-state index is 6.11. The van der Waals surface area contributed by atoms with Crippen molar-refractivity contribution in [2.24, 2.45) is 0 Å². The summed E-state index contributed by atoms with van der Waals surface area (Å²) in [6.45, 7) is 9.02. The highest BCUT2D eigenvalue weighted by Gasteiger charge is 2.30. The van der Waals surface area contributed by atoms with E-state index in [4.69, 9.17) is 4.74 Å². The molecule has 0 heterocycles. The normalized spacial score (nSPS) is 11.9. The third-order valence-corrected chi connectivity index (χ3v) is 8.02. The van der Waals surface area contributed by atoms with Crippen LogP contribution >= 0.6 is 0 Å². The van der Waals surface area contributed by atoms with Gasteiger partial charge in [-0.05, 0) is 43.4 Å². The largest absolute Gasteiger partial charge is 1.00 e. The Morgan fingerprint density at radius 2 is 1.12 bits per heavy atom. The van der Waals surface area contributed by atoms with Crippen LogP contribution in [-0.4, -0.2) is 38.3 Å². The fraction of sp³-hybridized carbons (Fsp3) is 0.487. The van der Waals surface area contributed by atoms with Crippen molar-refractivity contribution in [3.8, 4) is 0 Å². The van der Waals surface area contributed by atoms with Gasteiger partial charge in [0.1, 0.15) is 12.6 Å². The lowest BCUT2D eigenvalue weighted by Gasteiger charge is -2.38. The molecule has 0 aliphatic carbocycles. The minimum Gasteiger partial charge on any atom is -1.00 e. The fourth-order valence-corrected chi connectivity index (χ4v) is 5.19. The molecule has 0 fully saturated rings. The number of halogens is 1. The summed E-state index contributed by atoms with van der Waals surface area (Å²) in [5.41, 5.74) is 5.54. The Morgan fingerprint density at radius 1 is 0.619 bits per heavy atom. The maximum Gasteiger partial charge on any atom is 0.118 e. The van der Waals surface area contributed by atoms with E-state index in [0.29, 0.717) is 6.04 Å². The molecule has 0 aromatic heterocycles. The van der Waals surface area contributed by atoms with E-state index in [0.717, 1.165) is 37.1 Å². The first-order valence-corrected chi connectivity index (χ1v) is 16.1. The zero-order chi connectivity index (χ0) is 29.6. The quantitative estimate of drug-likeness (QED) is 0.0852. The van der Waals surface area contributed by atoms with Crippen molar-refractivity contribution in [1.29, 1.82) is 0 Å². The van der Waals surface area contributed by atoms with Gasteiger partial charge in [0.05, 0.1) is 20.7 Å². The topological polar surface area (TPSA) is 9.23 Å². The van der Waals surface area contributed by atoms with Gasteiger partial charge < -0.3 is 21.6 Å². The number of benzene rings is 3. The van der Waals surface area contributed by atoms with Crippen LogP contribution in [0.2, 0.25) is 0 Å². The van der Waals surface area contributed by atoms with Gasteiger partial charge in [0.2, 0.25) is 0 Å². The molecule has 0 saturated heterocycles. The first kappa shape index (κ1) is 37.6. The summed E-state index contributed by atoms with van der Waals surface area (Å²) in [5.74, 6) is 0. The molecule has 0 amide bonds. The molecule has 0 aliphatic rings. The van der Waals surface area contributed by atoms with Gasteiger partial charge in [-0.25, -0.2) is 0 Å². The van der Waals surface area contributed by atoms with Crippen LogP contribution in [0.5, 0.6) is 0 Å². The number of ether oxygens (including phenoxy) is 1. The van der Waals surface area contributed by atoms with Crippen LogP contribution in [0.15, 0.2) is 97.1 Å². The van der Waals surface area contributed by atoms with Crippen molar-refractivity contribution in [1.82, 2.24) is 0 Å². The fourth-order valence-electron chi connectivity index (χ4n) is 5.19. The predicted molar refractivity (Wildman–Crippen MR) is 179 cm³/mol. The van der Waals surface area contributed by atoms with Crippen LogP contribution in [0, 0.1) is 0 Å². The molecular weight excluding hydrogens is 534 g/mol. The molecule has 0 radical (unpaired) electrons. The Labute approximate surface area is 265 Å². The Balaban J connectivity index is 0.00000165. The van der Waals surface area contributed by atoms with Crippen molar-refractivity contribution in [2.75, 3.05) is 33.9 Å². The van der Waals surface area contributed by atoms with Gasteiger partial charge in [-0.3, -0.25) is 0 Å². The average molecular weight is 592 g/mol. The van der Waals surface area contributed by atoms with Gasteiger partial charge in [-0.15, -0.1) is 0 Å². The molecule has 0 bridgehead atoms. The Morgan fingerprint density at radius 3 is 1.69 bits per heavy atom. The molecule has 232 valence electrons. The molecule has 0 aliphatic heterocycles. The zero-order valence-electron chi connectivity index (χ0n) is 27.2. The summed E-state index contributed by atoms with van der Waals surface area (Å²) in [7, 11) is 4.72. The van der Waals surface area contributed by atoms with Gasteiger partial charge >= 0.3 is 0 Å². The van der Waals surface area contributed by atoms with E-state index in [1.807, 2.05) is 26.0 Å². The molecule has 3 aromatic carbocycles. The number of hydrogen-bond donors (Lipinski definition) is 0. The predicted octanol–water partition coefficient (Wildman–Crippen LogP) is 7.38. The average Bonchev–Trinajstić information content (AvgIpc) is 3.00. The van der Waals surface area contributed by atoms with Crippen LogP contribution in [0.3, 0.4) is 0 Å². The minimum atomic E-state index is 0. The lowest BCUT2D eigenvalue weighted by molar-refractivity contribution is -0.921. The van der Waals surface area contributed by atoms with Gasteiger partial charge in [0.25, 0.3) is 0 Å². The Bertz CT molecular complexity index is 1040. The molecule has 3 aromatic rings. The standard InChI is InChI=1S/C35H50NO.C4H8.ClH/c1-4-5-6-7-8-9-10-17-27-37-28-26-36(2,3)35(34-20-15-12-16-21-34)30-33-24-22-32(23-25-33)29-31-18-13-11-14-19-31;1-3-4-2;/h11-16,18-25,35H,4-10,17,26-30H2,1-3H3;3-4H,1-2H3;1H/q+1;;/p-1. The number of rotatable bonds is 18. The number of nitrogens with zero attached hydrogens (tertiary/aromatic N) is 1. The molecule has 0 saturated carbocycles. The van der Waals surface area contributed by atoms with Crippen molar-refractivity contribution in [2.45, 2.75) is 91.0 Å². The summed E-state index contributed by atoms with van der Waals surface area (Å²) >= 11 is 0. The van der Waals surface area contributed by atoms with Crippen molar-refractivity contribution in [3.05, 3.63) is 119 Å². The number of quaternary nitrogens is 1. The zero-order valence-corrected chi connectivity index (χ0v) is 28.0. The first-order valence-electron chi connectivity index (χ1n) is 16.1. The molecule has 3 heteroatoms. The van der Waals surface area contributed by atoms with E-state index >= 15 is 0 Å². The van der Waals surface area contributed by atoms with E-state index in [1.54, 1.807) is 0 Å². The highest BCUT2D eigenvalue weighted by Crippen LogP contribution is 2.29. The summed E-state index contributed by atoms with van der Waals surface area (Å²) in [6, 6.07) is 31.4. The first-order chi connectivity index (χ1) is 20.0. The van der Waals surface area contributed by atoms with Crippen molar-refractivity contribution in [3.63, 3.8) is 0 Å². The third kappa shape index (κ3) is 15.7. The molecule has 1 unspecified atom stereocenters. The molecule has 42 heavy (non-hydrogen) atoms. The number of allylic oxidation sites excluding steroid dienone is 2. The van der Waals surface area contributed by atoms with Gasteiger partial charge in [-0.1, -0.05) is 149 Å². The van der Waals surface area contributed by atoms with Gasteiger partial charge in [-0.2, -0.15) is 0 Å². The summed E-state index contributed by atoms with van der Waals surface area (Å²) < 4.78 is 7.03. The lowest BCUT2D eigenvalue weighted by atomic mass is 9.94. The summed E-state index contributed by atoms with van der Waals surface area (Å²) in [5, 5.41) is 0. The highest BCUT2D eigenvalue weighted by atomic mass is 35.5. The smallest absolute Gasteiger partial charge is 0.118 e. The number of unbranched alkanes of at least 4 members (excludes halogenated alkanes) is 7. The highest BCUT2D eigenvalue weighted by molar-refractivity contribution is 5.30. The van der Waals surface area contributed by atoms with E-state index in [9.17, 15) is 0 Å². The van der Waals surface area contributed by atoms with Crippen LogP contribution < -0.4 is 12.4 Å². The second-order valence-electron chi connectivity index (χ2n) is 11.9. The third-order valence-electron chi connectivity index (χ3n) is 8.02. The molecule has 0 spiro atoms. The molecular formula is C39H58ClNO. The van der Waals surface area contributed by atoms with Crippen molar-refractivity contribution < 1.29 is 21.6 Å². The van der Waals surface area contributed by atoms with Gasteiger partial charge in [0.15, 0.2) is 0 Å². The lowest BCUT2D eigenvalue weighted by Crippen LogP contribution is -3.00. The van der Waals surface area contributed by atoms with Crippen LogP contribution in [0.25, 0.3) is 0 Å².